The van der Waals surface area contributed by atoms with Crippen LogP contribution < -0.4 is 10.6 Å². The minimum atomic E-state index is 0.848. The molecule has 2 nitrogen and oxygen atoms in total. The Hall–Kier alpha value is -0.700. The van der Waals surface area contributed by atoms with E-state index < -0.39 is 0 Å². The Morgan fingerprint density at radius 1 is 1.27 bits per heavy atom. The fourth-order valence-corrected chi connectivity index (χ4v) is 1.56. The Balaban J connectivity index is 2.41. The molecule has 0 spiro atoms. The maximum Gasteiger partial charge on any atom is 0.0850 e. The zero-order valence-electron chi connectivity index (χ0n) is 6.02. The van der Waals surface area contributed by atoms with Crippen molar-refractivity contribution in [2.45, 2.75) is 5.33 Å². The van der Waals surface area contributed by atoms with Crippen LogP contribution in [0.3, 0.4) is 0 Å². The smallest absolute Gasteiger partial charge is 0.0850 e. The summed E-state index contributed by atoms with van der Waals surface area (Å²) in [5.41, 5.74) is 3.72. The zero-order chi connectivity index (χ0) is 7.68. The molecule has 0 radical (unpaired) electrons. The van der Waals surface area contributed by atoms with Gasteiger partial charge in [0.15, 0.2) is 0 Å². The second kappa shape index (κ2) is 2.74. The van der Waals surface area contributed by atoms with E-state index in [1.54, 1.807) is 0 Å². The minimum absolute atomic E-state index is 0.848. The number of rotatable bonds is 1. The van der Waals surface area contributed by atoms with E-state index in [0.29, 0.717) is 0 Å². The van der Waals surface area contributed by atoms with Crippen LogP contribution in [0.4, 0.5) is 11.4 Å². The molecule has 1 aromatic rings. The van der Waals surface area contributed by atoms with Gasteiger partial charge >= 0.3 is 0 Å². The summed E-state index contributed by atoms with van der Waals surface area (Å²) in [6.45, 7) is 0.848. The van der Waals surface area contributed by atoms with E-state index in [2.05, 4.69) is 44.8 Å². The third-order valence-electron chi connectivity index (χ3n) is 1.80. The van der Waals surface area contributed by atoms with E-state index in [1.807, 2.05) is 0 Å². The van der Waals surface area contributed by atoms with Crippen molar-refractivity contribution in [3.05, 3.63) is 23.8 Å². The van der Waals surface area contributed by atoms with Gasteiger partial charge in [0, 0.05) is 5.33 Å². The van der Waals surface area contributed by atoms with Crippen molar-refractivity contribution < 1.29 is 0 Å². The van der Waals surface area contributed by atoms with Gasteiger partial charge in [-0.15, -0.1) is 0 Å². The molecule has 1 aliphatic heterocycles. The predicted molar refractivity (Wildman–Crippen MR) is 51.2 cm³/mol. The molecular formula is C8H9BrN2. The Morgan fingerprint density at radius 3 is 2.91 bits per heavy atom. The van der Waals surface area contributed by atoms with Gasteiger partial charge in [0.1, 0.15) is 0 Å². The van der Waals surface area contributed by atoms with Gasteiger partial charge in [-0.1, -0.05) is 22.0 Å². The molecule has 3 heteroatoms. The molecule has 58 valence electrons. The highest BCUT2D eigenvalue weighted by Gasteiger charge is 2.07. The number of hydrogen-bond donors (Lipinski definition) is 2. The largest absolute Gasteiger partial charge is 0.366 e. The summed E-state index contributed by atoms with van der Waals surface area (Å²) < 4.78 is 0. The fraction of sp³-hybridized carbons (Fsp3) is 0.250. The van der Waals surface area contributed by atoms with E-state index in [9.17, 15) is 0 Å². The van der Waals surface area contributed by atoms with Crippen LogP contribution in [-0.2, 0) is 5.33 Å². The number of hydrogen-bond acceptors (Lipinski definition) is 2. The summed E-state index contributed by atoms with van der Waals surface area (Å²) in [5.74, 6) is 0. The lowest BCUT2D eigenvalue weighted by Crippen LogP contribution is -1.98. The van der Waals surface area contributed by atoms with Gasteiger partial charge in [-0.2, -0.15) is 0 Å². The molecule has 0 saturated heterocycles. The third kappa shape index (κ3) is 1.20. The van der Waals surface area contributed by atoms with Gasteiger partial charge in [0.05, 0.1) is 18.0 Å². The van der Waals surface area contributed by atoms with Crippen molar-refractivity contribution in [2.24, 2.45) is 0 Å². The number of anilines is 2. The highest BCUT2D eigenvalue weighted by Crippen LogP contribution is 2.27. The Morgan fingerprint density at radius 2 is 2.09 bits per heavy atom. The quantitative estimate of drug-likeness (QED) is 0.700. The van der Waals surface area contributed by atoms with Crippen molar-refractivity contribution in [1.29, 1.82) is 0 Å². The molecule has 1 aliphatic rings. The topological polar surface area (TPSA) is 24.1 Å². The number of halogens is 1. The molecular weight excluding hydrogens is 204 g/mol. The monoisotopic (exact) mass is 212 g/mol. The average molecular weight is 213 g/mol. The number of benzene rings is 1. The summed E-state index contributed by atoms with van der Waals surface area (Å²) in [5, 5.41) is 7.39. The van der Waals surface area contributed by atoms with Crippen LogP contribution in [0.1, 0.15) is 5.56 Å². The Bertz CT molecular complexity index is 273. The second-order valence-corrected chi connectivity index (χ2v) is 3.10. The summed E-state index contributed by atoms with van der Waals surface area (Å²) in [4.78, 5) is 0. The molecule has 0 aromatic heterocycles. The summed E-state index contributed by atoms with van der Waals surface area (Å²) in [6, 6.07) is 6.38. The van der Waals surface area contributed by atoms with Crippen LogP contribution in [-0.4, -0.2) is 6.67 Å². The van der Waals surface area contributed by atoms with Gasteiger partial charge in [-0.05, 0) is 17.7 Å². The lowest BCUT2D eigenvalue weighted by atomic mass is 10.2. The maximum atomic E-state index is 3.42. The van der Waals surface area contributed by atoms with Gasteiger partial charge in [-0.25, -0.2) is 0 Å². The van der Waals surface area contributed by atoms with Crippen LogP contribution in [0.25, 0.3) is 0 Å². The van der Waals surface area contributed by atoms with Gasteiger partial charge in [-0.3, -0.25) is 0 Å². The Labute approximate surface area is 74.1 Å². The van der Waals surface area contributed by atoms with Crippen LogP contribution in [0, 0.1) is 0 Å². The molecule has 1 heterocycles. The molecule has 0 atom stereocenters. The van der Waals surface area contributed by atoms with Crippen molar-refractivity contribution >= 4 is 27.3 Å². The molecule has 0 amide bonds. The first-order chi connectivity index (χ1) is 5.40. The van der Waals surface area contributed by atoms with Crippen molar-refractivity contribution in [1.82, 2.24) is 0 Å². The lowest BCUT2D eigenvalue weighted by molar-refractivity contribution is 1.31. The molecule has 2 rings (SSSR count). The molecule has 0 saturated carbocycles. The predicted octanol–water partition coefficient (Wildman–Crippen LogP) is 2.38. The van der Waals surface area contributed by atoms with Gasteiger partial charge in [0.25, 0.3) is 0 Å². The Kier molecular flexibility index (Phi) is 1.74. The van der Waals surface area contributed by atoms with Crippen LogP contribution in [0.2, 0.25) is 0 Å². The van der Waals surface area contributed by atoms with E-state index in [4.69, 9.17) is 0 Å². The first-order valence-electron chi connectivity index (χ1n) is 3.57. The van der Waals surface area contributed by atoms with Crippen LogP contribution in [0.5, 0.6) is 0 Å². The standard InChI is InChI=1S/C8H9BrN2/c9-4-6-1-2-7-8(3-6)11-5-10-7/h1-3,10-11H,4-5H2. The van der Waals surface area contributed by atoms with E-state index in [1.165, 1.54) is 16.9 Å². The number of alkyl halides is 1. The second-order valence-electron chi connectivity index (χ2n) is 2.54. The van der Waals surface area contributed by atoms with Crippen LogP contribution in [0.15, 0.2) is 18.2 Å². The van der Waals surface area contributed by atoms with E-state index >= 15 is 0 Å². The van der Waals surface area contributed by atoms with Gasteiger partial charge < -0.3 is 10.6 Å². The van der Waals surface area contributed by atoms with Crippen molar-refractivity contribution in [2.75, 3.05) is 17.3 Å². The SMILES string of the molecule is BrCc1ccc2c(c1)NCN2. The first kappa shape index (κ1) is 6.98. The van der Waals surface area contributed by atoms with E-state index in [-0.39, 0.29) is 0 Å². The molecule has 1 aromatic carbocycles. The minimum Gasteiger partial charge on any atom is -0.366 e. The molecule has 2 N–H and O–H groups in total. The molecule has 0 unspecified atom stereocenters. The molecule has 11 heavy (non-hydrogen) atoms. The fourth-order valence-electron chi connectivity index (χ4n) is 1.21. The van der Waals surface area contributed by atoms with Crippen molar-refractivity contribution in [3.8, 4) is 0 Å². The highest BCUT2D eigenvalue weighted by atomic mass is 79.9. The summed E-state index contributed by atoms with van der Waals surface area (Å²) in [7, 11) is 0. The zero-order valence-corrected chi connectivity index (χ0v) is 7.61. The number of nitrogens with one attached hydrogen (secondary N) is 2. The van der Waals surface area contributed by atoms with Gasteiger partial charge in [0.2, 0.25) is 0 Å². The van der Waals surface area contributed by atoms with E-state index in [0.717, 1.165) is 12.0 Å². The summed E-state index contributed by atoms with van der Waals surface area (Å²) >= 11 is 3.42. The molecule has 0 bridgehead atoms. The maximum absolute atomic E-state index is 3.42. The highest BCUT2D eigenvalue weighted by molar-refractivity contribution is 9.08. The van der Waals surface area contributed by atoms with Crippen molar-refractivity contribution in [3.63, 3.8) is 0 Å². The normalized spacial score (nSPS) is 13.5. The lowest BCUT2D eigenvalue weighted by Gasteiger charge is -1.99. The van der Waals surface area contributed by atoms with Crippen LogP contribution >= 0.6 is 15.9 Å². The number of fused-ring (bicyclic) bond motifs is 1. The summed E-state index contributed by atoms with van der Waals surface area (Å²) in [6.07, 6.45) is 0. The first-order valence-corrected chi connectivity index (χ1v) is 4.69. The third-order valence-corrected chi connectivity index (χ3v) is 2.44. The molecule has 0 fully saturated rings. The molecule has 0 aliphatic carbocycles. The average Bonchev–Trinajstić information content (AvgIpc) is 2.50.